The van der Waals surface area contributed by atoms with Gasteiger partial charge in [0.05, 0.1) is 15.1 Å². The molecule has 0 unspecified atom stereocenters. The standard InChI is InChI=1S/C19H20BrN3O3S2/c1-22(2)9-10-23(19-21-16-8-7-14(20)12-17(16)27-19)18(24)13-5-4-6-15(11-13)28(3,25)26/h4-8,11-12H,9-10H2,1-3H3. The lowest BCUT2D eigenvalue weighted by molar-refractivity contribution is 0.0985. The second-order valence-corrected chi connectivity index (χ2v) is 10.6. The van der Waals surface area contributed by atoms with Crippen LogP contribution in [0.3, 0.4) is 0 Å². The fraction of sp³-hybridized carbons (Fsp3) is 0.263. The highest BCUT2D eigenvalue weighted by molar-refractivity contribution is 9.10. The SMILES string of the molecule is CN(C)CCN(C(=O)c1cccc(S(C)(=O)=O)c1)c1nc2ccc(Br)cc2s1. The Bertz CT molecular complexity index is 1130. The lowest BCUT2D eigenvalue weighted by Gasteiger charge is -2.22. The second kappa shape index (κ2) is 8.28. The number of fused-ring (bicyclic) bond motifs is 1. The van der Waals surface area contributed by atoms with Gasteiger partial charge < -0.3 is 4.90 Å². The van der Waals surface area contributed by atoms with Crippen molar-refractivity contribution < 1.29 is 13.2 Å². The van der Waals surface area contributed by atoms with Gasteiger partial charge in [0.1, 0.15) is 0 Å². The van der Waals surface area contributed by atoms with Crippen LogP contribution in [0.1, 0.15) is 10.4 Å². The lowest BCUT2D eigenvalue weighted by atomic mass is 10.2. The predicted molar refractivity (Wildman–Crippen MR) is 117 cm³/mol. The number of nitrogens with zero attached hydrogens (tertiary/aromatic N) is 3. The third kappa shape index (κ3) is 4.78. The molecule has 0 bridgehead atoms. The third-order valence-electron chi connectivity index (χ3n) is 4.10. The monoisotopic (exact) mass is 481 g/mol. The Kier molecular flexibility index (Phi) is 6.18. The number of halogens is 1. The highest BCUT2D eigenvalue weighted by atomic mass is 79.9. The lowest BCUT2D eigenvalue weighted by Crippen LogP contribution is -2.36. The zero-order valence-electron chi connectivity index (χ0n) is 15.7. The van der Waals surface area contributed by atoms with Gasteiger partial charge in [-0.15, -0.1) is 0 Å². The number of anilines is 1. The van der Waals surface area contributed by atoms with Crippen LogP contribution in [0.2, 0.25) is 0 Å². The van der Waals surface area contributed by atoms with Crippen molar-refractivity contribution in [3.63, 3.8) is 0 Å². The van der Waals surface area contributed by atoms with Gasteiger partial charge in [0, 0.05) is 29.4 Å². The van der Waals surface area contributed by atoms with E-state index in [1.165, 1.54) is 23.5 Å². The molecule has 1 heterocycles. The molecule has 2 aromatic carbocycles. The van der Waals surface area contributed by atoms with Gasteiger partial charge in [0.15, 0.2) is 15.0 Å². The Morgan fingerprint density at radius 2 is 1.89 bits per heavy atom. The number of aromatic nitrogens is 1. The number of amides is 1. The molecule has 1 amide bonds. The summed E-state index contributed by atoms with van der Waals surface area (Å²) in [5.41, 5.74) is 1.14. The van der Waals surface area contributed by atoms with Crippen molar-refractivity contribution in [1.29, 1.82) is 0 Å². The summed E-state index contributed by atoms with van der Waals surface area (Å²) >= 11 is 4.89. The van der Waals surface area contributed by atoms with E-state index in [-0.39, 0.29) is 10.8 Å². The van der Waals surface area contributed by atoms with Crippen molar-refractivity contribution in [3.8, 4) is 0 Å². The van der Waals surface area contributed by atoms with Gasteiger partial charge in [-0.3, -0.25) is 9.69 Å². The smallest absolute Gasteiger partial charge is 0.260 e. The first-order chi connectivity index (χ1) is 13.1. The van der Waals surface area contributed by atoms with Crippen LogP contribution in [0.25, 0.3) is 10.2 Å². The highest BCUT2D eigenvalue weighted by Gasteiger charge is 2.22. The number of benzene rings is 2. The molecule has 0 saturated heterocycles. The Morgan fingerprint density at radius 1 is 1.14 bits per heavy atom. The van der Waals surface area contributed by atoms with Gasteiger partial charge in [-0.2, -0.15) is 0 Å². The highest BCUT2D eigenvalue weighted by Crippen LogP contribution is 2.31. The summed E-state index contributed by atoms with van der Waals surface area (Å²) in [6.45, 7) is 1.09. The predicted octanol–water partition coefficient (Wildman–Crippen LogP) is 3.67. The van der Waals surface area contributed by atoms with E-state index in [4.69, 9.17) is 0 Å². The van der Waals surface area contributed by atoms with E-state index in [2.05, 4.69) is 20.9 Å². The minimum atomic E-state index is -3.40. The first-order valence-electron chi connectivity index (χ1n) is 8.48. The molecule has 6 nitrogen and oxygen atoms in total. The number of rotatable bonds is 6. The van der Waals surface area contributed by atoms with E-state index in [9.17, 15) is 13.2 Å². The van der Waals surface area contributed by atoms with Crippen molar-refractivity contribution >= 4 is 58.4 Å². The van der Waals surface area contributed by atoms with E-state index in [1.807, 2.05) is 37.2 Å². The minimum absolute atomic E-state index is 0.124. The van der Waals surface area contributed by atoms with Crippen LogP contribution in [-0.2, 0) is 9.84 Å². The number of carbonyl (C=O) groups excluding carboxylic acids is 1. The van der Waals surface area contributed by atoms with Crippen LogP contribution < -0.4 is 4.90 Å². The first kappa shape index (κ1) is 20.9. The molecule has 0 saturated carbocycles. The van der Waals surface area contributed by atoms with Crippen molar-refractivity contribution in [3.05, 3.63) is 52.5 Å². The van der Waals surface area contributed by atoms with Crippen molar-refractivity contribution in [1.82, 2.24) is 9.88 Å². The van der Waals surface area contributed by atoms with E-state index in [0.717, 1.165) is 20.9 Å². The average molecular weight is 482 g/mol. The van der Waals surface area contributed by atoms with E-state index in [0.29, 0.717) is 23.8 Å². The number of thiazole rings is 1. The topological polar surface area (TPSA) is 70.6 Å². The molecule has 0 aliphatic carbocycles. The molecular formula is C19H20BrN3O3S2. The number of hydrogen-bond donors (Lipinski definition) is 0. The van der Waals surface area contributed by atoms with Crippen LogP contribution in [0.5, 0.6) is 0 Å². The average Bonchev–Trinajstić information content (AvgIpc) is 3.03. The van der Waals surface area contributed by atoms with Gasteiger partial charge in [0.2, 0.25) is 0 Å². The van der Waals surface area contributed by atoms with Gasteiger partial charge >= 0.3 is 0 Å². The maximum absolute atomic E-state index is 13.3. The van der Waals surface area contributed by atoms with E-state index >= 15 is 0 Å². The fourth-order valence-corrected chi connectivity index (χ4v) is 4.81. The molecule has 0 spiro atoms. The van der Waals surface area contributed by atoms with Crippen LogP contribution >= 0.6 is 27.3 Å². The fourth-order valence-electron chi connectivity index (χ4n) is 2.60. The van der Waals surface area contributed by atoms with Crippen molar-refractivity contribution in [2.45, 2.75) is 4.90 Å². The van der Waals surface area contributed by atoms with Crippen LogP contribution in [0, 0.1) is 0 Å². The first-order valence-corrected chi connectivity index (χ1v) is 12.0. The molecule has 0 radical (unpaired) electrons. The van der Waals surface area contributed by atoms with E-state index in [1.54, 1.807) is 17.0 Å². The molecule has 3 aromatic rings. The Balaban J connectivity index is 2.02. The molecule has 0 fully saturated rings. The molecule has 9 heteroatoms. The third-order valence-corrected chi connectivity index (χ3v) is 6.74. The maximum atomic E-state index is 13.3. The number of sulfone groups is 1. The molecule has 0 N–H and O–H groups in total. The van der Waals surface area contributed by atoms with Gasteiger partial charge in [-0.1, -0.05) is 33.3 Å². The summed E-state index contributed by atoms with van der Waals surface area (Å²) in [5, 5.41) is 0.588. The Hall–Kier alpha value is -1.81. The van der Waals surface area contributed by atoms with E-state index < -0.39 is 9.84 Å². The van der Waals surface area contributed by atoms with Crippen LogP contribution in [-0.4, -0.2) is 57.6 Å². The maximum Gasteiger partial charge on any atom is 0.260 e. The summed E-state index contributed by atoms with van der Waals surface area (Å²) in [7, 11) is 0.468. The normalized spacial score (nSPS) is 11.9. The largest absolute Gasteiger partial charge is 0.308 e. The van der Waals surface area contributed by atoms with Crippen LogP contribution in [0.4, 0.5) is 5.13 Å². The Labute approximate surface area is 176 Å². The quantitative estimate of drug-likeness (QED) is 0.536. The second-order valence-electron chi connectivity index (χ2n) is 6.67. The summed E-state index contributed by atoms with van der Waals surface area (Å²) in [4.78, 5) is 21.6. The van der Waals surface area contributed by atoms with Crippen molar-refractivity contribution in [2.75, 3.05) is 38.3 Å². The zero-order chi connectivity index (χ0) is 20.5. The number of hydrogen-bond acceptors (Lipinski definition) is 6. The number of carbonyl (C=O) groups is 1. The van der Waals surface area contributed by atoms with Gasteiger partial charge in [-0.25, -0.2) is 13.4 Å². The van der Waals surface area contributed by atoms with Gasteiger partial charge in [-0.05, 0) is 50.5 Å². The van der Waals surface area contributed by atoms with Gasteiger partial charge in [0.25, 0.3) is 5.91 Å². The minimum Gasteiger partial charge on any atom is -0.308 e. The van der Waals surface area contributed by atoms with Crippen molar-refractivity contribution in [2.24, 2.45) is 0 Å². The Morgan fingerprint density at radius 3 is 2.57 bits per heavy atom. The molecule has 0 aliphatic heterocycles. The zero-order valence-corrected chi connectivity index (χ0v) is 18.9. The summed E-state index contributed by atoms with van der Waals surface area (Å²) in [6.07, 6.45) is 1.13. The molecule has 148 valence electrons. The molecule has 0 atom stereocenters. The number of likely N-dealkylation sites (N-methyl/N-ethyl adjacent to an activating group) is 1. The molecule has 3 rings (SSSR count). The summed E-state index contributed by atoms with van der Waals surface area (Å²) in [6, 6.07) is 11.9. The molecule has 28 heavy (non-hydrogen) atoms. The van der Waals surface area contributed by atoms with Crippen LogP contribution in [0.15, 0.2) is 51.8 Å². The summed E-state index contributed by atoms with van der Waals surface area (Å²) in [5.74, 6) is -0.273. The molecular weight excluding hydrogens is 462 g/mol. The molecule has 0 aliphatic rings. The molecule has 1 aromatic heterocycles. The summed E-state index contributed by atoms with van der Waals surface area (Å²) < 4.78 is 25.6.